The van der Waals surface area contributed by atoms with E-state index >= 15 is 0 Å². The molecular formula is C16H20N4O. The van der Waals surface area contributed by atoms with Crippen LogP contribution in [0.3, 0.4) is 0 Å². The first kappa shape index (κ1) is 13.8. The molecule has 1 saturated carbocycles. The van der Waals surface area contributed by atoms with Gasteiger partial charge < -0.3 is 10.1 Å². The molecule has 0 bridgehead atoms. The maximum atomic E-state index is 5.78. The fourth-order valence-electron chi connectivity index (χ4n) is 2.12. The number of ether oxygens (including phenoxy) is 1. The van der Waals surface area contributed by atoms with E-state index in [1.165, 1.54) is 12.8 Å². The lowest BCUT2D eigenvalue weighted by atomic mass is 10.3. The molecule has 5 heteroatoms. The van der Waals surface area contributed by atoms with Gasteiger partial charge in [-0.1, -0.05) is 6.07 Å². The van der Waals surface area contributed by atoms with Crippen molar-refractivity contribution < 1.29 is 4.74 Å². The maximum absolute atomic E-state index is 5.78. The van der Waals surface area contributed by atoms with Crippen molar-refractivity contribution in [1.82, 2.24) is 15.0 Å². The van der Waals surface area contributed by atoms with Crippen LogP contribution in [-0.2, 0) is 6.42 Å². The standard InChI is InChI=1S/C16H20N4O/c1-2-17-14-11-15(20-16(19-14)12-6-7-12)21-10-8-13-5-3-4-9-18-13/h3-5,9,11-12H,2,6-8,10H2,1H3,(H,17,19,20). The number of hydrogen-bond donors (Lipinski definition) is 1. The highest BCUT2D eigenvalue weighted by atomic mass is 16.5. The Kier molecular flexibility index (Phi) is 4.28. The van der Waals surface area contributed by atoms with Crippen LogP contribution >= 0.6 is 0 Å². The number of hydrogen-bond acceptors (Lipinski definition) is 5. The fourth-order valence-corrected chi connectivity index (χ4v) is 2.12. The molecule has 0 aromatic carbocycles. The highest BCUT2D eigenvalue weighted by Crippen LogP contribution is 2.39. The summed E-state index contributed by atoms with van der Waals surface area (Å²) in [6.45, 7) is 3.47. The summed E-state index contributed by atoms with van der Waals surface area (Å²) >= 11 is 0. The second-order valence-corrected chi connectivity index (χ2v) is 5.17. The molecule has 1 N–H and O–H groups in total. The molecule has 2 aromatic rings. The SMILES string of the molecule is CCNc1cc(OCCc2ccccn2)nc(C2CC2)n1. The molecule has 0 saturated heterocycles. The predicted molar refractivity (Wildman–Crippen MR) is 81.6 cm³/mol. The van der Waals surface area contributed by atoms with Crippen LogP contribution in [0.2, 0.25) is 0 Å². The monoisotopic (exact) mass is 284 g/mol. The molecule has 1 aliphatic rings. The molecule has 0 spiro atoms. The van der Waals surface area contributed by atoms with Gasteiger partial charge in [0.2, 0.25) is 5.88 Å². The Morgan fingerprint density at radius 3 is 2.90 bits per heavy atom. The third kappa shape index (κ3) is 3.90. The van der Waals surface area contributed by atoms with E-state index in [4.69, 9.17) is 4.74 Å². The van der Waals surface area contributed by atoms with Gasteiger partial charge >= 0.3 is 0 Å². The van der Waals surface area contributed by atoms with Crippen molar-refractivity contribution in [2.75, 3.05) is 18.5 Å². The molecule has 1 fully saturated rings. The van der Waals surface area contributed by atoms with E-state index in [1.54, 1.807) is 6.20 Å². The summed E-state index contributed by atoms with van der Waals surface area (Å²) in [7, 11) is 0. The molecule has 0 unspecified atom stereocenters. The van der Waals surface area contributed by atoms with E-state index in [1.807, 2.05) is 24.3 Å². The highest BCUT2D eigenvalue weighted by molar-refractivity contribution is 5.39. The summed E-state index contributed by atoms with van der Waals surface area (Å²) < 4.78 is 5.78. The number of aromatic nitrogens is 3. The van der Waals surface area contributed by atoms with Crippen LogP contribution in [0.4, 0.5) is 5.82 Å². The molecule has 5 nitrogen and oxygen atoms in total. The van der Waals surface area contributed by atoms with Gasteiger partial charge in [-0.15, -0.1) is 0 Å². The van der Waals surface area contributed by atoms with Crippen LogP contribution in [0.25, 0.3) is 0 Å². The van der Waals surface area contributed by atoms with Gasteiger partial charge in [0.05, 0.1) is 6.61 Å². The Labute approximate surface area is 124 Å². The van der Waals surface area contributed by atoms with Gasteiger partial charge in [0.1, 0.15) is 11.6 Å². The molecule has 0 amide bonds. The topological polar surface area (TPSA) is 59.9 Å². The van der Waals surface area contributed by atoms with Gasteiger partial charge in [0.15, 0.2) is 0 Å². The van der Waals surface area contributed by atoms with Crippen molar-refractivity contribution in [2.24, 2.45) is 0 Å². The summed E-state index contributed by atoms with van der Waals surface area (Å²) in [6.07, 6.45) is 4.94. The van der Waals surface area contributed by atoms with Gasteiger partial charge in [-0.05, 0) is 31.9 Å². The molecule has 2 heterocycles. The molecule has 0 aliphatic heterocycles. The number of anilines is 1. The van der Waals surface area contributed by atoms with Crippen LogP contribution in [0.1, 0.15) is 37.2 Å². The Morgan fingerprint density at radius 2 is 2.19 bits per heavy atom. The fraction of sp³-hybridized carbons (Fsp3) is 0.438. The van der Waals surface area contributed by atoms with E-state index in [2.05, 4.69) is 27.2 Å². The Hall–Kier alpha value is -2.17. The average molecular weight is 284 g/mol. The molecule has 21 heavy (non-hydrogen) atoms. The number of nitrogens with zero attached hydrogens (tertiary/aromatic N) is 3. The lowest BCUT2D eigenvalue weighted by Crippen LogP contribution is -2.08. The largest absolute Gasteiger partial charge is 0.477 e. The van der Waals surface area contributed by atoms with E-state index in [9.17, 15) is 0 Å². The third-order valence-corrected chi connectivity index (χ3v) is 3.35. The predicted octanol–water partition coefficient (Wildman–Crippen LogP) is 2.80. The Morgan fingerprint density at radius 1 is 1.29 bits per heavy atom. The maximum Gasteiger partial charge on any atom is 0.218 e. The molecule has 0 radical (unpaired) electrons. The molecular weight excluding hydrogens is 264 g/mol. The quantitative estimate of drug-likeness (QED) is 0.847. The van der Waals surface area contributed by atoms with Crippen LogP contribution in [0.5, 0.6) is 5.88 Å². The lowest BCUT2D eigenvalue weighted by Gasteiger charge is -2.09. The average Bonchev–Trinajstić information content (AvgIpc) is 3.33. The van der Waals surface area contributed by atoms with Crippen molar-refractivity contribution in [2.45, 2.75) is 32.1 Å². The third-order valence-electron chi connectivity index (χ3n) is 3.35. The Bertz CT molecular complexity index is 584. The van der Waals surface area contributed by atoms with Crippen LogP contribution in [0, 0.1) is 0 Å². The van der Waals surface area contributed by atoms with Crippen molar-refractivity contribution in [3.8, 4) is 5.88 Å². The molecule has 2 aromatic heterocycles. The summed E-state index contributed by atoms with van der Waals surface area (Å²) in [4.78, 5) is 13.3. The van der Waals surface area contributed by atoms with E-state index in [0.29, 0.717) is 18.4 Å². The molecule has 110 valence electrons. The van der Waals surface area contributed by atoms with Crippen LogP contribution < -0.4 is 10.1 Å². The molecule has 0 atom stereocenters. The smallest absolute Gasteiger partial charge is 0.218 e. The van der Waals surface area contributed by atoms with Gasteiger partial charge in [-0.25, -0.2) is 4.98 Å². The zero-order chi connectivity index (χ0) is 14.5. The Balaban J connectivity index is 1.63. The first-order chi connectivity index (χ1) is 10.3. The zero-order valence-corrected chi connectivity index (χ0v) is 12.2. The number of pyridine rings is 1. The normalized spacial score (nSPS) is 14.0. The molecule has 3 rings (SSSR count). The van der Waals surface area contributed by atoms with Gasteiger partial charge in [0.25, 0.3) is 0 Å². The lowest BCUT2D eigenvalue weighted by molar-refractivity contribution is 0.306. The first-order valence-corrected chi connectivity index (χ1v) is 7.50. The second kappa shape index (κ2) is 6.52. The second-order valence-electron chi connectivity index (χ2n) is 5.17. The van der Waals surface area contributed by atoms with Gasteiger partial charge in [0, 0.05) is 36.8 Å². The van der Waals surface area contributed by atoms with E-state index in [-0.39, 0.29) is 0 Å². The van der Waals surface area contributed by atoms with Gasteiger partial charge in [-0.2, -0.15) is 4.98 Å². The first-order valence-electron chi connectivity index (χ1n) is 7.50. The van der Waals surface area contributed by atoms with Gasteiger partial charge in [-0.3, -0.25) is 4.98 Å². The zero-order valence-electron chi connectivity index (χ0n) is 12.2. The summed E-state index contributed by atoms with van der Waals surface area (Å²) in [6, 6.07) is 7.78. The van der Waals surface area contributed by atoms with Crippen molar-refractivity contribution in [1.29, 1.82) is 0 Å². The van der Waals surface area contributed by atoms with E-state index < -0.39 is 0 Å². The van der Waals surface area contributed by atoms with Crippen LogP contribution in [-0.4, -0.2) is 28.1 Å². The van der Waals surface area contributed by atoms with Crippen molar-refractivity contribution in [3.05, 3.63) is 42.0 Å². The van der Waals surface area contributed by atoms with Crippen molar-refractivity contribution >= 4 is 5.82 Å². The number of rotatable bonds is 7. The number of nitrogens with one attached hydrogen (secondary N) is 1. The molecule has 1 aliphatic carbocycles. The minimum atomic E-state index is 0.516. The minimum absolute atomic E-state index is 0.516. The van der Waals surface area contributed by atoms with E-state index in [0.717, 1.165) is 30.3 Å². The minimum Gasteiger partial charge on any atom is -0.477 e. The summed E-state index contributed by atoms with van der Waals surface area (Å²) in [5.41, 5.74) is 1.03. The summed E-state index contributed by atoms with van der Waals surface area (Å²) in [5.74, 6) is 2.92. The highest BCUT2D eigenvalue weighted by Gasteiger charge is 2.27. The van der Waals surface area contributed by atoms with Crippen LogP contribution in [0.15, 0.2) is 30.5 Å². The van der Waals surface area contributed by atoms with Crippen molar-refractivity contribution in [3.63, 3.8) is 0 Å². The summed E-state index contributed by atoms with van der Waals surface area (Å²) in [5, 5.41) is 3.24.